The normalized spacial score (nSPS) is 13.0. The summed E-state index contributed by atoms with van der Waals surface area (Å²) in [4.78, 5) is 28.4. The SMILES string of the molecule is CN(C)CCN(C)c1cc(-c2cnc3c(c2)CCO3)c2nc[nH]c2c1C(N)=O. The van der Waals surface area contributed by atoms with Crippen LogP contribution in [0.5, 0.6) is 5.88 Å². The van der Waals surface area contributed by atoms with Crippen molar-refractivity contribution in [1.29, 1.82) is 0 Å². The van der Waals surface area contributed by atoms with Crippen LogP contribution in [0, 0.1) is 0 Å². The third kappa shape index (κ3) is 3.16. The van der Waals surface area contributed by atoms with E-state index in [1.165, 1.54) is 0 Å². The number of carbonyl (C=O) groups excluding carboxylic acids is 1. The predicted molar refractivity (Wildman–Crippen MR) is 109 cm³/mol. The molecule has 1 aromatic carbocycles. The van der Waals surface area contributed by atoms with Crippen LogP contribution < -0.4 is 15.4 Å². The third-order valence-electron chi connectivity index (χ3n) is 5.07. The summed E-state index contributed by atoms with van der Waals surface area (Å²) in [6.07, 6.45) is 4.23. The molecule has 0 saturated carbocycles. The van der Waals surface area contributed by atoms with Crippen LogP contribution in [0.3, 0.4) is 0 Å². The number of nitrogens with one attached hydrogen (secondary N) is 1. The summed E-state index contributed by atoms with van der Waals surface area (Å²) in [6.45, 7) is 2.26. The van der Waals surface area contributed by atoms with Crippen LogP contribution in [0.25, 0.3) is 22.2 Å². The average molecular weight is 380 g/mol. The Morgan fingerprint density at radius 2 is 2.07 bits per heavy atom. The molecule has 4 rings (SSSR count). The number of rotatable bonds is 6. The lowest BCUT2D eigenvalue weighted by molar-refractivity contribution is 0.100. The number of hydrogen-bond donors (Lipinski definition) is 2. The molecule has 0 saturated heterocycles. The van der Waals surface area contributed by atoms with Crippen LogP contribution in [0.4, 0.5) is 5.69 Å². The van der Waals surface area contributed by atoms with Gasteiger partial charge in [-0.25, -0.2) is 9.97 Å². The Hall–Kier alpha value is -3.13. The molecule has 0 spiro atoms. The van der Waals surface area contributed by atoms with Crippen LogP contribution in [-0.4, -0.2) is 66.6 Å². The van der Waals surface area contributed by atoms with E-state index in [1.807, 2.05) is 32.1 Å². The maximum absolute atomic E-state index is 12.3. The number of aromatic nitrogens is 3. The Labute approximate surface area is 163 Å². The number of anilines is 1. The lowest BCUT2D eigenvalue weighted by atomic mass is 9.98. The monoisotopic (exact) mass is 380 g/mol. The van der Waals surface area contributed by atoms with E-state index in [9.17, 15) is 4.79 Å². The highest BCUT2D eigenvalue weighted by molar-refractivity contribution is 6.12. The molecular weight excluding hydrogens is 356 g/mol. The van der Waals surface area contributed by atoms with Crippen molar-refractivity contribution >= 4 is 22.6 Å². The van der Waals surface area contributed by atoms with Crippen LogP contribution in [0.15, 0.2) is 24.7 Å². The van der Waals surface area contributed by atoms with E-state index in [0.717, 1.165) is 41.9 Å². The summed E-state index contributed by atoms with van der Waals surface area (Å²) in [5.41, 5.74) is 11.3. The summed E-state index contributed by atoms with van der Waals surface area (Å²) in [5, 5.41) is 0. The van der Waals surface area contributed by atoms with Crippen molar-refractivity contribution < 1.29 is 9.53 Å². The van der Waals surface area contributed by atoms with Crippen molar-refractivity contribution in [2.75, 3.05) is 45.7 Å². The number of amides is 1. The molecule has 8 nitrogen and oxygen atoms in total. The summed E-state index contributed by atoms with van der Waals surface area (Å²) in [6, 6.07) is 4.07. The molecule has 0 aliphatic carbocycles. The largest absolute Gasteiger partial charge is 0.477 e. The van der Waals surface area contributed by atoms with Crippen LogP contribution in [0.1, 0.15) is 15.9 Å². The molecule has 1 aliphatic rings. The Balaban J connectivity index is 1.88. The molecule has 0 radical (unpaired) electrons. The minimum absolute atomic E-state index is 0.454. The van der Waals surface area contributed by atoms with E-state index in [2.05, 4.69) is 25.9 Å². The third-order valence-corrected chi connectivity index (χ3v) is 5.07. The van der Waals surface area contributed by atoms with Gasteiger partial charge in [0.15, 0.2) is 0 Å². The fourth-order valence-electron chi connectivity index (χ4n) is 3.55. The maximum atomic E-state index is 12.3. The first kappa shape index (κ1) is 18.2. The van der Waals surface area contributed by atoms with E-state index >= 15 is 0 Å². The number of nitrogens with two attached hydrogens (primary N) is 1. The lowest BCUT2D eigenvalue weighted by Crippen LogP contribution is -2.30. The number of hydrogen-bond acceptors (Lipinski definition) is 6. The average Bonchev–Trinajstić information content (AvgIpc) is 3.32. The van der Waals surface area contributed by atoms with Crippen molar-refractivity contribution in [2.45, 2.75) is 6.42 Å². The van der Waals surface area contributed by atoms with Crippen molar-refractivity contribution in [3.8, 4) is 17.0 Å². The zero-order valence-corrected chi connectivity index (χ0v) is 16.3. The maximum Gasteiger partial charge on any atom is 0.253 e. The second-order valence-corrected chi connectivity index (χ2v) is 7.32. The Kier molecular flexibility index (Phi) is 4.64. The topological polar surface area (TPSA) is 100 Å². The van der Waals surface area contributed by atoms with Crippen LogP contribution in [-0.2, 0) is 6.42 Å². The number of likely N-dealkylation sites (N-methyl/N-ethyl adjacent to an activating group) is 2. The summed E-state index contributed by atoms with van der Waals surface area (Å²) < 4.78 is 5.52. The molecule has 1 aliphatic heterocycles. The Morgan fingerprint density at radius 1 is 1.25 bits per heavy atom. The number of pyridine rings is 1. The molecule has 0 unspecified atom stereocenters. The molecule has 3 aromatic rings. The number of nitrogens with zero attached hydrogens (tertiary/aromatic N) is 4. The van der Waals surface area contributed by atoms with Gasteiger partial charge in [-0.05, 0) is 26.2 Å². The van der Waals surface area contributed by atoms with Gasteiger partial charge in [-0.3, -0.25) is 4.79 Å². The lowest BCUT2D eigenvalue weighted by Gasteiger charge is -2.24. The van der Waals surface area contributed by atoms with Crippen molar-refractivity contribution in [3.05, 3.63) is 35.8 Å². The first-order valence-corrected chi connectivity index (χ1v) is 9.23. The highest BCUT2D eigenvalue weighted by Crippen LogP contribution is 2.37. The molecule has 0 atom stereocenters. The van der Waals surface area contributed by atoms with E-state index in [4.69, 9.17) is 10.5 Å². The molecule has 28 heavy (non-hydrogen) atoms. The van der Waals surface area contributed by atoms with Gasteiger partial charge in [0.25, 0.3) is 5.91 Å². The highest BCUT2D eigenvalue weighted by Gasteiger charge is 2.23. The second-order valence-electron chi connectivity index (χ2n) is 7.32. The molecular formula is C20H24N6O2. The number of imidazole rings is 1. The number of ether oxygens (including phenoxy) is 1. The van der Waals surface area contributed by atoms with Crippen LogP contribution in [0.2, 0.25) is 0 Å². The summed E-state index contributed by atoms with van der Waals surface area (Å²) in [5.74, 6) is 0.215. The van der Waals surface area contributed by atoms with E-state index in [1.54, 1.807) is 12.5 Å². The fourth-order valence-corrected chi connectivity index (χ4v) is 3.55. The van der Waals surface area contributed by atoms with Crippen molar-refractivity contribution in [1.82, 2.24) is 19.9 Å². The zero-order valence-electron chi connectivity index (χ0n) is 16.3. The van der Waals surface area contributed by atoms with E-state index in [0.29, 0.717) is 29.1 Å². The number of primary amides is 1. The molecule has 3 N–H and O–H groups in total. The number of carbonyl (C=O) groups is 1. The van der Waals surface area contributed by atoms with Gasteiger partial charge < -0.3 is 25.3 Å². The minimum atomic E-state index is -0.479. The minimum Gasteiger partial charge on any atom is -0.477 e. The highest BCUT2D eigenvalue weighted by atomic mass is 16.5. The number of fused-ring (bicyclic) bond motifs is 2. The Morgan fingerprint density at radius 3 is 2.82 bits per heavy atom. The van der Waals surface area contributed by atoms with Gasteiger partial charge in [-0.1, -0.05) is 0 Å². The predicted octanol–water partition coefficient (Wildman–Crippen LogP) is 1.66. The molecule has 0 fully saturated rings. The smallest absolute Gasteiger partial charge is 0.253 e. The fraction of sp³-hybridized carbons (Fsp3) is 0.350. The van der Waals surface area contributed by atoms with Gasteiger partial charge in [0.1, 0.15) is 0 Å². The molecule has 2 aromatic heterocycles. The van der Waals surface area contributed by atoms with Gasteiger partial charge in [-0.15, -0.1) is 0 Å². The molecule has 146 valence electrons. The molecule has 0 bridgehead atoms. The van der Waals surface area contributed by atoms with Gasteiger partial charge in [0.2, 0.25) is 5.88 Å². The van der Waals surface area contributed by atoms with Crippen LogP contribution >= 0.6 is 0 Å². The van der Waals surface area contributed by atoms with Gasteiger partial charge in [-0.2, -0.15) is 0 Å². The molecule has 8 heteroatoms. The Bertz CT molecular complexity index is 1040. The summed E-state index contributed by atoms with van der Waals surface area (Å²) in [7, 11) is 6.00. The second kappa shape index (κ2) is 7.12. The van der Waals surface area contributed by atoms with E-state index in [-0.39, 0.29) is 0 Å². The number of aromatic amines is 1. The van der Waals surface area contributed by atoms with Gasteiger partial charge in [0.05, 0.1) is 35.2 Å². The van der Waals surface area contributed by atoms with Crippen molar-refractivity contribution in [3.63, 3.8) is 0 Å². The first-order chi connectivity index (χ1) is 13.5. The molecule has 3 heterocycles. The van der Waals surface area contributed by atoms with Gasteiger partial charge in [0, 0.05) is 49.4 Å². The summed E-state index contributed by atoms with van der Waals surface area (Å²) >= 11 is 0. The van der Waals surface area contributed by atoms with Crippen molar-refractivity contribution in [2.24, 2.45) is 5.73 Å². The number of H-pyrrole nitrogens is 1. The van der Waals surface area contributed by atoms with Gasteiger partial charge >= 0.3 is 0 Å². The van der Waals surface area contributed by atoms with E-state index < -0.39 is 5.91 Å². The quantitative estimate of drug-likeness (QED) is 0.675. The number of benzene rings is 1. The standard InChI is InChI=1S/C20H24N6O2/c1-25(2)5-6-26(3)15-9-14(13-8-12-4-7-28-20(12)22-10-13)17-18(24-11-23-17)16(15)19(21)27/h8-11H,4-7H2,1-3H3,(H2,21,27)(H,23,24). The molecule has 1 amide bonds. The zero-order chi connectivity index (χ0) is 19.8. The first-order valence-electron chi connectivity index (χ1n) is 9.23.